The molecule has 1 heterocycles. The minimum Gasteiger partial charge on any atom is -0.326 e. The normalized spacial score (nSPS) is 17.5. The van der Waals surface area contributed by atoms with Crippen LogP contribution >= 0.6 is 11.8 Å². The van der Waals surface area contributed by atoms with Crippen molar-refractivity contribution in [1.82, 2.24) is 0 Å². The summed E-state index contributed by atoms with van der Waals surface area (Å²) in [6, 6.07) is 16.1. The fourth-order valence-electron chi connectivity index (χ4n) is 3.12. The first-order valence-corrected chi connectivity index (χ1v) is 11.0. The third-order valence-corrected chi connectivity index (χ3v) is 6.23. The molecule has 3 rings (SSSR count). The lowest BCUT2D eigenvalue weighted by atomic mass is 9.87. The van der Waals surface area contributed by atoms with E-state index in [1.54, 1.807) is 11.8 Å². The molecule has 2 aromatic carbocycles. The van der Waals surface area contributed by atoms with Gasteiger partial charge in [-0.05, 0) is 40.8 Å². The highest BCUT2D eigenvalue weighted by Gasteiger charge is 2.34. The molecule has 1 fully saturated rings. The summed E-state index contributed by atoms with van der Waals surface area (Å²) in [4.78, 5) is 26.7. The van der Waals surface area contributed by atoms with E-state index in [9.17, 15) is 9.59 Å². The quantitative estimate of drug-likeness (QED) is 0.701. The molecule has 2 aromatic rings. The van der Waals surface area contributed by atoms with Crippen molar-refractivity contribution in [3.05, 3.63) is 59.7 Å². The number of rotatable bonds is 3. The predicted molar refractivity (Wildman–Crippen MR) is 122 cm³/mol. The molecular weight excluding hydrogens is 380 g/mol. The van der Waals surface area contributed by atoms with Crippen LogP contribution in [0.4, 0.5) is 11.4 Å². The molecule has 1 atom stereocenters. The maximum absolute atomic E-state index is 12.6. The standard InChI is InChI=1S/C24H30N2O2S/c1-23(2,3)17-9-13-19(14-10-17)26-20(27)15-29-21(26)16-7-11-18(12-8-16)25-22(28)24(4,5)6/h7-14,21H,15H2,1-6H3,(H,25,28). The minimum absolute atomic E-state index is 0.0174. The number of thioether (sulfide) groups is 1. The molecule has 1 aliphatic rings. The fraction of sp³-hybridized carbons (Fsp3) is 0.417. The van der Waals surface area contributed by atoms with Gasteiger partial charge >= 0.3 is 0 Å². The van der Waals surface area contributed by atoms with Crippen molar-refractivity contribution in [2.75, 3.05) is 16.0 Å². The summed E-state index contributed by atoms with van der Waals surface area (Å²) < 4.78 is 0. The molecule has 0 saturated carbocycles. The van der Waals surface area contributed by atoms with E-state index >= 15 is 0 Å². The molecule has 1 aliphatic heterocycles. The number of anilines is 2. The molecule has 4 nitrogen and oxygen atoms in total. The van der Waals surface area contributed by atoms with Crippen LogP contribution in [-0.4, -0.2) is 17.6 Å². The molecule has 1 N–H and O–H groups in total. The van der Waals surface area contributed by atoms with Gasteiger partial charge in [-0.15, -0.1) is 11.8 Å². The molecule has 0 aromatic heterocycles. The first-order valence-electron chi connectivity index (χ1n) is 9.92. The third kappa shape index (κ3) is 4.84. The zero-order valence-electron chi connectivity index (χ0n) is 18.1. The van der Waals surface area contributed by atoms with Crippen LogP contribution < -0.4 is 10.2 Å². The Bertz CT molecular complexity index is 890. The van der Waals surface area contributed by atoms with Gasteiger partial charge in [0.15, 0.2) is 0 Å². The molecule has 29 heavy (non-hydrogen) atoms. The van der Waals surface area contributed by atoms with E-state index < -0.39 is 5.41 Å². The average molecular weight is 411 g/mol. The van der Waals surface area contributed by atoms with Gasteiger partial charge in [-0.3, -0.25) is 14.5 Å². The zero-order chi connectivity index (χ0) is 21.4. The maximum Gasteiger partial charge on any atom is 0.238 e. The second kappa shape index (κ2) is 7.86. The number of carbonyl (C=O) groups is 2. The lowest BCUT2D eigenvalue weighted by molar-refractivity contribution is -0.123. The Morgan fingerprint density at radius 3 is 2.07 bits per heavy atom. The van der Waals surface area contributed by atoms with Crippen molar-refractivity contribution >= 4 is 35.0 Å². The highest BCUT2D eigenvalue weighted by Crippen LogP contribution is 2.42. The van der Waals surface area contributed by atoms with Gasteiger partial charge in [-0.2, -0.15) is 0 Å². The Kier molecular flexibility index (Phi) is 5.81. The highest BCUT2D eigenvalue weighted by atomic mass is 32.2. The Balaban J connectivity index is 1.81. The Morgan fingerprint density at radius 2 is 1.55 bits per heavy atom. The molecule has 5 heteroatoms. The van der Waals surface area contributed by atoms with Gasteiger partial charge in [-0.1, -0.05) is 65.8 Å². The van der Waals surface area contributed by atoms with E-state index in [4.69, 9.17) is 0 Å². The van der Waals surface area contributed by atoms with Crippen LogP contribution in [0.1, 0.15) is 58.0 Å². The number of hydrogen-bond donors (Lipinski definition) is 1. The van der Waals surface area contributed by atoms with E-state index in [1.807, 2.05) is 62.1 Å². The summed E-state index contributed by atoms with van der Waals surface area (Å²) >= 11 is 1.63. The summed E-state index contributed by atoms with van der Waals surface area (Å²) in [6.45, 7) is 12.2. The van der Waals surface area contributed by atoms with Gasteiger partial charge in [0.25, 0.3) is 0 Å². The average Bonchev–Trinajstić information content (AvgIpc) is 3.02. The van der Waals surface area contributed by atoms with E-state index in [2.05, 4.69) is 38.2 Å². The van der Waals surface area contributed by atoms with Gasteiger partial charge in [0.05, 0.1) is 5.75 Å². The van der Waals surface area contributed by atoms with E-state index in [0.29, 0.717) is 5.75 Å². The molecule has 0 bridgehead atoms. The molecule has 2 amide bonds. The summed E-state index contributed by atoms with van der Waals surface area (Å²) in [5, 5.41) is 2.89. The molecule has 1 saturated heterocycles. The molecular formula is C24H30N2O2S. The maximum atomic E-state index is 12.6. The van der Waals surface area contributed by atoms with Gasteiger partial charge in [-0.25, -0.2) is 0 Å². The van der Waals surface area contributed by atoms with E-state index in [1.165, 1.54) is 5.56 Å². The minimum atomic E-state index is -0.442. The van der Waals surface area contributed by atoms with Crippen LogP contribution in [0.15, 0.2) is 48.5 Å². The number of benzene rings is 2. The van der Waals surface area contributed by atoms with Crippen LogP contribution in [-0.2, 0) is 15.0 Å². The van der Waals surface area contributed by atoms with Gasteiger partial charge < -0.3 is 5.32 Å². The fourth-order valence-corrected chi connectivity index (χ4v) is 4.30. The van der Waals surface area contributed by atoms with E-state index in [-0.39, 0.29) is 22.6 Å². The molecule has 0 radical (unpaired) electrons. The Morgan fingerprint density at radius 1 is 0.966 bits per heavy atom. The number of nitrogens with one attached hydrogen (secondary N) is 1. The van der Waals surface area contributed by atoms with Crippen molar-refractivity contribution < 1.29 is 9.59 Å². The molecule has 1 unspecified atom stereocenters. The second-order valence-corrected chi connectivity index (χ2v) is 10.6. The second-order valence-electron chi connectivity index (χ2n) is 9.55. The van der Waals surface area contributed by atoms with Gasteiger partial charge in [0.1, 0.15) is 5.37 Å². The van der Waals surface area contributed by atoms with Crippen molar-refractivity contribution in [3.63, 3.8) is 0 Å². The SMILES string of the molecule is CC(C)(C)C(=O)Nc1ccc(C2SCC(=O)N2c2ccc(C(C)(C)C)cc2)cc1. The Labute approximate surface area is 178 Å². The van der Waals surface area contributed by atoms with Crippen LogP contribution in [0.5, 0.6) is 0 Å². The summed E-state index contributed by atoms with van der Waals surface area (Å²) in [5.74, 6) is 0.568. The van der Waals surface area contributed by atoms with Crippen molar-refractivity contribution in [2.45, 2.75) is 52.3 Å². The summed E-state index contributed by atoms with van der Waals surface area (Å²) in [6.07, 6.45) is 0. The first kappa shape index (κ1) is 21.4. The summed E-state index contributed by atoms with van der Waals surface area (Å²) in [7, 11) is 0. The van der Waals surface area contributed by atoms with Gasteiger partial charge in [0, 0.05) is 16.8 Å². The van der Waals surface area contributed by atoms with Crippen molar-refractivity contribution in [1.29, 1.82) is 0 Å². The third-order valence-electron chi connectivity index (χ3n) is 5.01. The summed E-state index contributed by atoms with van der Waals surface area (Å²) in [5.41, 5.74) is 3.62. The number of hydrogen-bond acceptors (Lipinski definition) is 3. The van der Waals surface area contributed by atoms with Gasteiger partial charge in [0.2, 0.25) is 11.8 Å². The van der Waals surface area contributed by atoms with Crippen LogP contribution in [0.2, 0.25) is 0 Å². The smallest absolute Gasteiger partial charge is 0.238 e. The van der Waals surface area contributed by atoms with E-state index in [0.717, 1.165) is 16.9 Å². The highest BCUT2D eigenvalue weighted by molar-refractivity contribution is 8.00. The monoisotopic (exact) mass is 410 g/mol. The first-order chi connectivity index (χ1) is 13.5. The molecule has 154 valence electrons. The molecule has 0 spiro atoms. The predicted octanol–water partition coefficient (Wildman–Crippen LogP) is 5.75. The van der Waals surface area contributed by atoms with Crippen LogP contribution in [0.3, 0.4) is 0 Å². The Hall–Kier alpha value is -2.27. The van der Waals surface area contributed by atoms with Crippen molar-refractivity contribution in [2.24, 2.45) is 5.41 Å². The topological polar surface area (TPSA) is 49.4 Å². The zero-order valence-corrected chi connectivity index (χ0v) is 18.9. The number of amides is 2. The van der Waals surface area contributed by atoms with Crippen LogP contribution in [0, 0.1) is 5.41 Å². The lowest BCUT2D eigenvalue weighted by Crippen LogP contribution is -2.28. The number of nitrogens with zero attached hydrogens (tertiary/aromatic N) is 1. The molecule has 0 aliphatic carbocycles. The number of carbonyl (C=O) groups excluding carboxylic acids is 2. The largest absolute Gasteiger partial charge is 0.326 e. The van der Waals surface area contributed by atoms with Crippen LogP contribution in [0.25, 0.3) is 0 Å². The lowest BCUT2D eigenvalue weighted by Gasteiger charge is -2.26. The van der Waals surface area contributed by atoms with Crippen molar-refractivity contribution in [3.8, 4) is 0 Å².